The van der Waals surface area contributed by atoms with Crippen molar-refractivity contribution >= 4 is 10.9 Å². The first-order valence-corrected chi connectivity index (χ1v) is 4.70. The van der Waals surface area contributed by atoms with Gasteiger partial charge in [-0.2, -0.15) is 0 Å². The Kier molecular flexibility index (Phi) is 2.41. The summed E-state index contributed by atoms with van der Waals surface area (Å²) in [4.78, 5) is 3.17. The van der Waals surface area contributed by atoms with Gasteiger partial charge in [0, 0.05) is 11.6 Å². The highest BCUT2D eigenvalue weighted by atomic mass is 16.5. The second-order valence-electron chi connectivity index (χ2n) is 3.24. The van der Waals surface area contributed by atoms with Crippen molar-refractivity contribution in [2.45, 2.75) is 6.42 Å². The predicted octanol–water partition coefficient (Wildman–Crippen LogP) is 1.68. The van der Waals surface area contributed by atoms with E-state index >= 15 is 0 Å². The van der Waals surface area contributed by atoms with Crippen molar-refractivity contribution in [3.05, 3.63) is 30.0 Å². The van der Waals surface area contributed by atoms with Gasteiger partial charge in [-0.1, -0.05) is 12.1 Å². The lowest BCUT2D eigenvalue weighted by molar-refractivity contribution is 0.414. The number of rotatable bonds is 3. The van der Waals surface area contributed by atoms with E-state index in [0.717, 1.165) is 23.3 Å². The number of ether oxygens (including phenoxy) is 1. The van der Waals surface area contributed by atoms with Crippen molar-refractivity contribution < 1.29 is 4.74 Å². The number of nitrogens with one attached hydrogen (secondary N) is 1. The standard InChI is InChI=1S/C11H14N2O/c1-14-11-9(4-6-12)3-2-8-5-7-13-10(8)11/h2-3,5,7,13H,4,6,12H2,1H3. The fraction of sp³-hybridized carbons (Fsp3) is 0.273. The minimum absolute atomic E-state index is 0.641. The largest absolute Gasteiger partial charge is 0.494 e. The number of hydrogen-bond acceptors (Lipinski definition) is 2. The highest BCUT2D eigenvalue weighted by molar-refractivity contribution is 5.86. The van der Waals surface area contributed by atoms with Crippen molar-refractivity contribution in [2.24, 2.45) is 5.73 Å². The Balaban J connectivity index is 2.60. The summed E-state index contributed by atoms with van der Waals surface area (Å²) >= 11 is 0. The SMILES string of the molecule is COc1c(CCN)ccc2cc[nH]c12. The molecule has 0 aliphatic heterocycles. The number of aromatic nitrogens is 1. The van der Waals surface area contributed by atoms with Gasteiger partial charge in [0.1, 0.15) is 5.75 Å². The summed E-state index contributed by atoms with van der Waals surface area (Å²) in [6.45, 7) is 0.641. The molecule has 0 aliphatic rings. The van der Waals surface area contributed by atoms with Gasteiger partial charge in [0.05, 0.1) is 12.6 Å². The highest BCUT2D eigenvalue weighted by Crippen LogP contribution is 2.28. The average Bonchev–Trinajstić information content (AvgIpc) is 2.66. The van der Waals surface area contributed by atoms with Crippen LogP contribution in [-0.4, -0.2) is 18.6 Å². The summed E-state index contributed by atoms with van der Waals surface area (Å²) in [6, 6.07) is 6.19. The lowest BCUT2D eigenvalue weighted by Crippen LogP contribution is -2.04. The third kappa shape index (κ3) is 1.36. The lowest BCUT2D eigenvalue weighted by Gasteiger charge is -2.08. The zero-order chi connectivity index (χ0) is 9.97. The van der Waals surface area contributed by atoms with Crippen LogP contribution in [-0.2, 0) is 6.42 Å². The Hall–Kier alpha value is -1.48. The summed E-state index contributed by atoms with van der Waals surface area (Å²) in [5.74, 6) is 0.915. The van der Waals surface area contributed by atoms with Crippen molar-refractivity contribution in [1.82, 2.24) is 4.98 Å². The molecular weight excluding hydrogens is 176 g/mol. The van der Waals surface area contributed by atoms with E-state index in [1.165, 1.54) is 5.39 Å². The smallest absolute Gasteiger partial charge is 0.146 e. The second-order valence-corrected chi connectivity index (χ2v) is 3.24. The zero-order valence-electron chi connectivity index (χ0n) is 8.21. The van der Waals surface area contributed by atoms with Crippen LogP contribution in [0, 0.1) is 0 Å². The summed E-state index contributed by atoms with van der Waals surface area (Å²) in [6.07, 6.45) is 2.76. The number of methoxy groups -OCH3 is 1. The molecule has 3 N–H and O–H groups in total. The van der Waals surface area contributed by atoms with E-state index in [1.807, 2.05) is 12.3 Å². The molecule has 3 nitrogen and oxygen atoms in total. The molecule has 14 heavy (non-hydrogen) atoms. The van der Waals surface area contributed by atoms with Gasteiger partial charge >= 0.3 is 0 Å². The third-order valence-corrected chi connectivity index (χ3v) is 2.38. The van der Waals surface area contributed by atoms with Crippen LogP contribution in [0.4, 0.5) is 0 Å². The first-order valence-electron chi connectivity index (χ1n) is 4.70. The topological polar surface area (TPSA) is 51.0 Å². The number of aromatic amines is 1. The molecule has 1 heterocycles. The normalized spacial score (nSPS) is 10.7. The average molecular weight is 190 g/mol. The second kappa shape index (κ2) is 3.72. The maximum absolute atomic E-state index is 5.54. The van der Waals surface area contributed by atoms with Gasteiger partial charge in [0.2, 0.25) is 0 Å². The van der Waals surface area contributed by atoms with Crippen LogP contribution in [0.15, 0.2) is 24.4 Å². The van der Waals surface area contributed by atoms with E-state index < -0.39 is 0 Å². The Bertz CT molecular complexity index is 434. The zero-order valence-corrected chi connectivity index (χ0v) is 8.21. The Morgan fingerprint density at radius 2 is 2.21 bits per heavy atom. The van der Waals surface area contributed by atoms with Crippen molar-refractivity contribution in [1.29, 1.82) is 0 Å². The molecular formula is C11H14N2O. The summed E-state index contributed by atoms with van der Waals surface area (Å²) in [5, 5.41) is 1.17. The lowest BCUT2D eigenvalue weighted by atomic mass is 10.1. The molecule has 0 amide bonds. The van der Waals surface area contributed by atoms with Crippen LogP contribution >= 0.6 is 0 Å². The Labute approximate surface area is 82.9 Å². The van der Waals surface area contributed by atoms with E-state index in [0.29, 0.717) is 6.54 Å². The molecule has 74 valence electrons. The highest BCUT2D eigenvalue weighted by Gasteiger charge is 2.07. The number of hydrogen-bond donors (Lipinski definition) is 2. The molecule has 0 spiro atoms. The van der Waals surface area contributed by atoms with Gasteiger partial charge in [-0.05, 0) is 24.6 Å². The molecule has 0 atom stereocenters. The number of fused-ring (bicyclic) bond motifs is 1. The van der Waals surface area contributed by atoms with Gasteiger partial charge < -0.3 is 15.5 Å². The molecule has 0 fully saturated rings. The third-order valence-electron chi connectivity index (χ3n) is 2.38. The van der Waals surface area contributed by atoms with E-state index in [9.17, 15) is 0 Å². The summed E-state index contributed by atoms with van der Waals surface area (Å²) in [7, 11) is 1.69. The van der Waals surface area contributed by atoms with E-state index in [1.54, 1.807) is 7.11 Å². The van der Waals surface area contributed by atoms with Gasteiger partial charge in [-0.15, -0.1) is 0 Å². The monoisotopic (exact) mass is 190 g/mol. The molecule has 3 heteroatoms. The molecule has 0 radical (unpaired) electrons. The summed E-state index contributed by atoms with van der Waals surface area (Å²) < 4.78 is 5.38. The van der Waals surface area contributed by atoms with Crippen LogP contribution in [0.5, 0.6) is 5.75 Å². The van der Waals surface area contributed by atoms with E-state index in [4.69, 9.17) is 10.5 Å². The van der Waals surface area contributed by atoms with Crippen molar-refractivity contribution in [2.75, 3.05) is 13.7 Å². The molecule has 2 rings (SSSR count). The summed E-state index contributed by atoms with van der Waals surface area (Å²) in [5.41, 5.74) is 7.75. The Morgan fingerprint density at radius 1 is 1.36 bits per heavy atom. The van der Waals surface area contributed by atoms with E-state index in [-0.39, 0.29) is 0 Å². The molecule has 2 aromatic rings. The first-order chi connectivity index (χ1) is 6.86. The molecule has 0 saturated carbocycles. The van der Waals surface area contributed by atoms with Gasteiger partial charge in [0.15, 0.2) is 0 Å². The van der Waals surface area contributed by atoms with Gasteiger partial charge in [-0.3, -0.25) is 0 Å². The van der Waals surface area contributed by atoms with Crippen molar-refractivity contribution in [3.8, 4) is 5.75 Å². The molecule has 0 aliphatic carbocycles. The van der Waals surface area contributed by atoms with Crippen LogP contribution < -0.4 is 10.5 Å². The number of H-pyrrole nitrogens is 1. The van der Waals surface area contributed by atoms with E-state index in [2.05, 4.69) is 17.1 Å². The maximum Gasteiger partial charge on any atom is 0.146 e. The number of nitrogens with two attached hydrogens (primary N) is 1. The predicted molar refractivity (Wildman–Crippen MR) is 57.6 cm³/mol. The minimum Gasteiger partial charge on any atom is -0.494 e. The quantitative estimate of drug-likeness (QED) is 0.773. The first kappa shape index (κ1) is 9.09. The van der Waals surface area contributed by atoms with Crippen LogP contribution in [0.3, 0.4) is 0 Å². The fourth-order valence-electron chi connectivity index (χ4n) is 1.73. The molecule has 0 unspecified atom stereocenters. The Morgan fingerprint density at radius 3 is 2.93 bits per heavy atom. The van der Waals surface area contributed by atoms with Crippen LogP contribution in [0.25, 0.3) is 10.9 Å². The maximum atomic E-state index is 5.54. The number of benzene rings is 1. The van der Waals surface area contributed by atoms with Crippen LogP contribution in [0.2, 0.25) is 0 Å². The minimum atomic E-state index is 0.641. The molecule has 1 aromatic carbocycles. The van der Waals surface area contributed by atoms with Crippen LogP contribution in [0.1, 0.15) is 5.56 Å². The van der Waals surface area contributed by atoms with Crippen molar-refractivity contribution in [3.63, 3.8) is 0 Å². The molecule has 0 saturated heterocycles. The van der Waals surface area contributed by atoms with Gasteiger partial charge in [0.25, 0.3) is 0 Å². The molecule has 0 bridgehead atoms. The van der Waals surface area contributed by atoms with Gasteiger partial charge in [-0.25, -0.2) is 0 Å². The molecule has 1 aromatic heterocycles. The fourth-order valence-corrected chi connectivity index (χ4v) is 1.73.